The van der Waals surface area contributed by atoms with Gasteiger partial charge in [-0.05, 0) is 48.5 Å². The van der Waals surface area contributed by atoms with Crippen LogP contribution in [0.2, 0.25) is 0 Å². The highest BCUT2D eigenvalue weighted by atomic mass is 16.6. The maximum atomic E-state index is 12.4. The van der Waals surface area contributed by atoms with E-state index in [0.29, 0.717) is 17.0 Å². The van der Waals surface area contributed by atoms with Gasteiger partial charge in [0.15, 0.2) is 5.82 Å². The summed E-state index contributed by atoms with van der Waals surface area (Å²) in [6, 6.07) is 0. The predicted molar refractivity (Wildman–Crippen MR) is 92.4 cm³/mol. The Morgan fingerprint density at radius 1 is 1.04 bits per heavy atom. The second-order valence-electron chi connectivity index (χ2n) is 7.72. The summed E-state index contributed by atoms with van der Waals surface area (Å²) in [4.78, 5) is 33.8. The van der Waals surface area contributed by atoms with E-state index in [0.717, 1.165) is 0 Å². The number of imide groups is 1. The number of anilines is 1. The molecule has 25 heavy (non-hydrogen) atoms. The zero-order chi connectivity index (χ0) is 19.4. The Hall–Kier alpha value is -2.22. The van der Waals surface area contributed by atoms with Gasteiger partial charge in [-0.3, -0.25) is 4.98 Å². The van der Waals surface area contributed by atoms with Gasteiger partial charge in [0.25, 0.3) is 0 Å². The third kappa shape index (κ3) is 7.47. The molecule has 140 valence electrons. The average molecular weight is 353 g/mol. The largest absolute Gasteiger partial charge is 0.443 e. The number of rotatable bonds is 3. The first-order chi connectivity index (χ1) is 11.3. The number of aromatic nitrogens is 2. The van der Waals surface area contributed by atoms with Gasteiger partial charge in [0.1, 0.15) is 11.2 Å². The van der Waals surface area contributed by atoms with E-state index >= 15 is 0 Å². The molecule has 0 saturated heterocycles. The molecule has 2 amide bonds. The fourth-order valence-electron chi connectivity index (χ4n) is 1.75. The average Bonchev–Trinajstić information content (AvgIpc) is 2.36. The second kappa shape index (κ2) is 7.77. The Bertz CT molecular complexity index is 572. The SMILES string of the molecule is CC(O)Cc1cnc(N(C(=O)OC(C)(C)C)C(=O)OC(C)(C)C)cn1. The van der Waals surface area contributed by atoms with Gasteiger partial charge in [-0.1, -0.05) is 0 Å². The van der Waals surface area contributed by atoms with Crippen molar-refractivity contribution in [3.8, 4) is 0 Å². The van der Waals surface area contributed by atoms with Crippen molar-refractivity contribution in [2.75, 3.05) is 4.90 Å². The van der Waals surface area contributed by atoms with Gasteiger partial charge >= 0.3 is 12.2 Å². The fraction of sp³-hybridized carbons (Fsp3) is 0.647. The number of carbonyl (C=O) groups excluding carboxylic acids is 2. The van der Waals surface area contributed by atoms with Crippen LogP contribution in [-0.4, -0.2) is 44.6 Å². The molecule has 1 N–H and O–H groups in total. The summed E-state index contributed by atoms with van der Waals surface area (Å²) in [6.07, 6.45) is 0.591. The number of ether oxygens (including phenoxy) is 2. The van der Waals surface area contributed by atoms with Gasteiger partial charge in [-0.25, -0.2) is 14.6 Å². The smallest absolute Gasteiger partial charge is 0.425 e. The first-order valence-electron chi connectivity index (χ1n) is 8.03. The van der Waals surface area contributed by atoms with Crippen LogP contribution >= 0.6 is 0 Å². The molecule has 0 bridgehead atoms. The van der Waals surface area contributed by atoms with Crippen molar-refractivity contribution in [3.63, 3.8) is 0 Å². The minimum absolute atomic E-state index is 0.0159. The number of hydrogen-bond acceptors (Lipinski definition) is 7. The van der Waals surface area contributed by atoms with E-state index in [1.807, 2.05) is 0 Å². The van der Waals surface area contributed by atoms with Crippen LogP contribution in [0.5, 0.6) is 0 Å². The van der Waals surface area contributed by atoms with E-state index in [1.54, 1.807) is 48.5 Å². The Morgan fingerprint density at radius 2 is 1.52 bits per heavy atom. The maximum Gasteiger partial charge on any atom is 0.425 e. The van der Waals surface area contributed by atoms with Gasteiger partial charge in [0.2, 0.25) is 0 Å². The Kier molecular flexibility index (Phi) is 6.48. The molecule has 1 heterocycles. The van der Waals surface area contributed by atoms with Crippen molar-refractivity contribution in [2.45, 2.75) is 72.2 Å². The molecule has 1 atom stereocenters. The van der Waals surface area contributed by atoms with Crippen molar-refractivity contribution in [2.24, 2.45) is 0 Å². The number of aliphatic hydroxyl groups excluding tert-OH is 1. The van der Waals surface area contributed by atoms with Gasteiger partial charge in [-0.2, -0.15) is 4.90 Å². The third-order valence-corrected chi connectivity index (χ3v) is 2.58. The lowest BCUT2D eigenvalue weighted by atomic mass is 10.2. The summed E-state index contributed by atoms with van der Waals surface area (Å²) in [5.41, 5.74) is -1.05. The highest BCUT2D eigenvalue weighted by molar-refractivity contribution is 6.08. The maximum absolute atomic E-state index is 12.4. The van der Waals surface area contributed by atoms with Crippen molar-refractivity contribution in [1.29, 1.82) is 0 Å². The number of nitrogens with zero attached hydrogens (tertiary/aromatic N) is 3. The molecule has 0 saturated carbocycles. The Morgan fingerprint density at radius 3 is 1.84 bits per heavy atom. The molecule has 0 aliphatic rings. The highest BCUT2D eigenvalue weighted by Gasteiger charge is 2.33. The van der Waals surface area contributed by atoms with Crippen LogP contribution in [0.25, 0.3) is 0 Å². The summed E-state index contributed by atoms with van der Waals surface area (Å²) in [5, 5.41) is 9.39. The highest BCUT2D eigenvalue weighted by Crippen LogP contribution is 2.19. The predicted octanol–water partition coefficient (Wildman–Crippen LogP) is 3.08. The van der Waals surface area contributed by atoms with Crippen LogP contribution in [0.3, 0.4) is 0 Å². The normalized spacial score (nSPS) is 13.1. The number of amides is 2. The van der Waals surface area contributed by atoms with Crippen LogP contribution in [0, 0.1) is 0 Å². The van der Waals surface area contributed by atoms with E-state index in [1.165, 1.54) is 12.4 Å². The quantitative estimate of drug-likeness (QED) is 0.891. The molecular weight excluding hydrogens is 326 g/mol. The Labute approximate surface area is 148 Å². The van der Waals surface area contributed by atoms with E-state index in [-0.39, 0.29) is 5.82 Å². The van der Waals surface area contributed by atoms with E-state index in [4.69, 9.17) is 9.47 Å². The minimum Gasteiger partial charge on any atom is -0.443 e. The molecule has 0 fully saturated rings. The van der Waals surface area contributed by atoms with E-state index in [9.17, 15) is 14.7 Å². The molecule has 1 aromatic rings. The second-order valence-corrected chi connectivity index (χ2v) is 7.72. The van der Waals surface area contributed by atoms with Gasteiger partial charge in [-0.15, -0.1) is 0 Å². The van der Waals surface area contributed by atoms with Crippen LogP contribution in [-0.2, 0) is 15.9 Å². The number of hydrogen-bond donors (Lipinski definition) is 1. The summed E-state index contributed by atoms with van der Waals surface area (Å²) in [6.45, 7) is 11.8. The first-order valence-corrected chi connectivity index (χ1v) is 8.03. The molecule has 0 aromatic carbocycles. The van der Waals surface area contributed by atoms with Gasteiger partial charge < -0.3 is 14.6 Å². The molecule has 0 spiro atoms. The molecule has 0 aliphatic carbocycles. The number of aliphatic hydroxyl groups is 1. The lowest BCUT2D eigenvalue weighted by Crippen LogP contribution is -2.44. The molecule has 8 heteroatoms. The summed E-state index contributed by atoms with van der Waals surface area (Å²) < 4.78 is 10.5. The van der Waals surface area contributed by atoms with Crippen molar-refractivity contribution >= 4 is 18.0 Å². The lowest BCUT2D eigenvalue weighted by molar-refractivity contribution is 0.0428. The zero-order valence-corrected chi connectivity index (χ0v) is 15.9. The minimum atomic E-state index is -0.903. The lowest BCUT2D eigenvalue weighted by Gasteiger charge is -2.27. The van der Waals surface area contributed by atoms with Crippen LogP contribution in [0.1, 0.15) is 54.2 Å². The molecule has 0 aliphatic heterocycles. The molecular formula is C17H27N3O5. The van der Waals surface area contributed by atoms with Crippen LogP contribution < -0.4 is 4.90 Å². The van der Waals surface area contributed by atoms with Crippen LogP contribution in [0.4, 0.5) is 15.4 Å². The Balaban J connectivity index is 3.13. The summed E-state index contributed by atoms with van der Waals surface area (Å²) in [7, 11) is 0. The van der Waals surface area contributed by atoms with E-state index < -0.39 is 29.5 Å². The number of carbonyl (C=O) groups is 2. The zero-order valence-electron chi connectivity index (χ0n) is 15.9. The topological polar surface area (TPSA) is 102 Å². The standard InChI is InChI=1S/C17H27N3O5/c1-11(21)8-12-9-19-13(10-18-12)20(14(22)24-16(2,3)4)15(23)25-17(5,6)7/h9-11,21H,8H2,1-7H3. The van der Waals surface area contributed by atoms with Crippen molar-refractivity contribution < 1.29 is 24.2 Å². The van der Waals surface area contributed by atoms with Crippen LogP contribution in [0.15, 0.2) is 12.4 Å². The molecule has 8 nitrogen and oxygen atoms in total. The first kappa shape index (κ1) is 20.8. The monoisotopic (exact) mass is 353 g/mol. The van der Waals surface area contributed by atoms with Crippen molar-refractivity contribution in [3.05, 3.63) is 18.1 Å². The van der Waals surface area contributed by atoms with Gasteiger partial charge in [0, 0.05) is 6.42 Å². The fourth-order valence-corrected chi connectivity index (χ4v) is 1.75. The summed E-state index contributed by atoms with van der Waals surface area (Å²) >= 11 is 0. The summed E-state index contributed by atoms with van der Waals surface area (Å²) in [5.74, 6) is -0.0159. The third-order valence-electron chi connectivity index (χ3n) is 2.58. The van der Waals surface area contributed by atoms with E-state index in [2.05, 4.69) is 9.97 Å². The molecule has 0 radical (unpaired) electrons. The van der Waals surface area contributed by atoms with Gasteiger partial charge in [0.05, 0.1) is 24.2 Å². The van der Waals surface area contributed by atoms with Crippen molar-refractivity contribution in [1.82, 2.24) is 9.97 Å². The molecule has 1 unspecified atom stereocenters. The molecule has 1 rings (SSSR count). The molecule has 1 aromatic heterocycles.